The Morgan fingerprint density at radius 2 is 2.06 bits per heavy atom. The number of aliphatic hydroxyl groups excluding tert-OH is 1. The number of benzene rings is 1. The maximum Gasteiger partial charge on any atom is 0.223 e. The van der Waals surface area contributed by atoms with E-state index in [1.54, 1.807) is 31.4 Å². The van der Waals surface area contributed by atoms with Gasteiger partial charge in [-0.15, -0.1) is 0 Å². The van der Waals surface area contributed by atoms with Crippen LogP contribution in [0.3, 0.4) is 0 Å². The first kappa shape index (κ1) is 15.0. The number of methoxy groups -OCH3 is 1. The Morgan fingerprint density at radius 3 is 2.61 bits per heavy atom. The van der Waals surface area contributed by atoms with Gasteiger partial charge in [-0.3, -0.25) is 4.79 Å². The number of aliphatic hydroxyl groups is 1. The second kappa shape index (κ2) is 7.36. The molecule has 1 aromatic rings. The zero-order valence-electron chi connectivity index (χ0n) is 10.5. The number of ether oxygens (including phenoxy) is 1. The van der Waals surface area contributed by atoms with Gasteiger partial charge in [0.25, 0.3) is 0 Å². The molecule has 0 saturated heterocycles. The second-order valence-electron chi connectivity index (χ2n) is 4.20. The lowest BCUT2D eigenvalue weighted by atomic mass is 10.1. The molecule has 0 bridgehead atoms. The topological polar surface area (TPSA) is 58.6 Å². The first-order valence-electron chi connectivity index (χ1n) is 5.74. The van der Waals surface area contributed by atoms with Crippen molar-refractivity contribution in [3.8, 4) is 0 Å². The van der Waals surface area contributed by atoms with Gasteiger partial charge in [0.15, 0.2) is 0 Å². The summed E-state index contributed by atoms with van der Waals surface area (Å²) in [5, 5.41) is 13.2. The third-order valence-corrected chi connectivity index (χ3v) is 2.71. The van der Waals surface area contributed by atoms with E-state index in [1.165, 1.54) is 0 Å². The Hall–Kier alpha value is -1.10. The van der Waals surface area contributed by atoms with Crippen LogP contribution in [0.2, 0.25) is 5.02 Å². The Bertz CT molecular complexity index is 380. The van der Waals surface area contributed by atoms with Gasteiger partial charge in [0, 0.05) is 18.2 Å². The van der Waals surface area contributed by atoms with Crippen molar-refractivity contribution in [3.05, 3.63) is 34.9 Å². The predicted molar refractivity (Wildman–Crippen MR) is 70.5 cm³/mol. The monoisotopic (exact) mass is 271 g/mol. The third kappa shape index (κ3) is 5.04. The summed E-state index contributed by atoms with van der Waals surface area (Å²) in [6, 6.07) is 6.72. The van der Waals surface area contributed by atoms with Crippen LogP contribution in [0.1, 0.15) is 25.0 Å². The van der Waals surface area contributed by atoms with Gasteiger partial charge in [-0.2, -0.15) is 0 Å². The molecule has 0 radical (unpaired) electrons. The number of carbonyl (C=O) groups excluding carboxylic acids is 1. The molecule has 2 atom stereocenters. The van der Waals surface area contributed by atoms with Gasteiger partial charge in [-0.25, -0.2) is 0 Å². The van der Waals surface area contributed by atoms with Crippen LogP contribution in [0.5, 0.6) is 0 Å². The van der Waals surface area contributed by atoms with Gasteiger partial charge in [-0.1, -0.05) is 23.7 Å². The van der Waals surface area contributed by atoms with E-state index in [-0.39, 0.29) is 18.4 Å². The zero-order valence-corrected chi connectivity index (χ0v) is 11.3. The number of carbonyl (C=O) groups is 1. The smallest absolute Gasteiger partial charge is 0.223 e. The van der Waals surface area contributed by atoms with Crippen LogP contribution in [-0.2, 0) is 9.53 Å². The number of halogens is 1. The molecular weight excluding hydrogens is 254 g/mol. The van der Waals surface area contributed by atoms with Crippen molar-refractivity contribution in [1.82, 2.24) is 5.32 Å². The molecule has 18 heavy (non-hydrogen) atoms. The lowest BCUT2D eigenvalue weighted by Crippen LogP contribution is -2.36. The van der Waals surface area contributed by atoms with Crippen LogP contribution in [-0.4, -0.2) is 30.8 Å². The van der Waals surface area contributed by atoms with E-state index in [2.05, 4.69) is 5.32 Å². The number of hydrogen-bond donors (Lipinski definition) is 2. The zero-order chi connectivity index (χ0) is 13.5. The van der Waals surface area contributed by atoms with Crippen LogP contribution in [0, 0.1) is 0 Å². The summed E-state index contributed by atoms with van der Waals surface area (Å²) in [5.41, 5.74) is 0.675. The Kier molecular flexibility index (Phi) is 6.12. The molecule has 0 spiro atoms. The Morgan fingerprint density at radius 1 is 1.44 bits per heavy atom. The highest BCUT2D eigenvalue weighted by molar-refractivity contribution is 6.30. The van der Waals surface area contributed by atoms with E-state index in [0.717, 1.165) is 0 Å². The van der Waals surface area contributed by atoms with E-state index in [4.69, 9.17) is 16.3 Å². The van der Waals surface area contributed by atoms with Crippen molar-refractivity contribution in [3.63, 3.8) is 0 Å². The minimum absolute atomic E-state index is 0.0235. The van der Waals surface area contributed by atoms with Gasteiger partial charge >= 0.3 is 0 Å². The van der Waals surface area contributed by atoms with Crippen molar-refractivity contribution >= 4 is 17.5 Å². The first-order valence-corrected chi connectivity index (χ1v) is 6.12. The molecule has 0 aromatic heterocycles. The summed E-state index contributed by atoms with van der Waals surface area (Å²) in [7, 11) is 1.57. The van der Waals surface area contributed by atoms with Crippen molar-refractivity contribution in [1.29, 1.82) is 0 Å². The first-order chi connectivity index (χ1) is 8.52. The normalized spacial score (nSPS) is 14.0. The van der Waals surface area contributed by atoms with E-state index >= 15 is 0 Å². The van der Waals surface area contributed by atoms with Crippen LogP contribution in [0.25, 0.3) is 0 Å². The summed E-state index contributed by atoms with van der Waals surface area (Å²) in [6.07, 6.45) is -0.799. The summed E-state index contributed by atoms with van der Waals surface area (Å²) >= 11 is 5.75. The number of nitrogens with one attached hydrogen (secondary N) is 1. The molecule has 5 heteroatoms. The molecule has 1 aromatic carbocycles. The molecule has 0 heterocycles. The lowest BCUT2D eigenvalue weighted by molar-refractivity contribution is -0.124. The molecule has 1 rings (SSSR count). The number of hydrogen-bond acceptors (Lipinski definition) is 3. The molecule has 0 fully saturated rings. The third-order valence-electron chi connectivity index (χ3n) is 2.46. The van der Waals surface area contributed by atoms with Crippen LogP contribution in [0.4, 0.5) is 0 Å². The quantitative estimate of drug-likeness (QED) is 0.831. The van der Waals surface area contributed by atoms with Gasteiger partial charge in [0.1, 0.15) is 0 Å². The fourth-order valence-corrected chi connectivity index (χ4v) is 1.73. The minimum atomic E-state index is -0.822. The summed E-state index contributed by atoms with van der Waals surface area (Å²) < 4.78 is 4.92. The van der Waals surface area contributed by atoms with Crippen molar-refractivity contribution in [2.24, 2.45) is 0 Å². The average Bonchev–Trinajstić information content (AvgIpc) is 2.29. The van der Waals surface area contributed by atoms with Crippen molar-refractivity contribution < 1.29 is 14.6 Å². The number of rotatable bonds is 6. The van der Waals surface area contributed by atoms with Crippen LogP contribution < -0.4 is 5.32 Å². The molecule has 1 amide bonds. The van der Waals surface area contributed by atoms with Gasteiger partial charge in [0.05, 0.1) is 19.1 Å². The van der Waals surface area contributed by atoms with E-state index in [1.807, 2.05) is 6.92 Å². The molecule has 2 unspecified atom stereocenters. The Balaban J connectivity index is 2.46. The van der Waals surface area contributed by atoms with Crippen LogP contribution >= 0.6 is 11.6 Å². The summed E-state index contributed by atoms with van der Waals surface area (Å²) in [5.74, 6) is -0.206. The highest BCUT2D eigenvalue weighted by Gasteiger charge is 2.14. The molecule has 100 valence electrons. The molecule has 2 N–H and O–H groups in total. The molecule has 0 aliphatic rings. The lowest BCUT2D eigenvalue weighted by Gasteiger charge is -2.15. The van der Waals surface area contributed by atoms with Gasteiger partial charge < -0.3 is 15.2 Å². The molecule has 0 aliphatic heterocycles. The fraction of sp³-hybridized carbons (Fsp3) is 0.462. The highest BCUT2D eigenvalue weighted by Crippen LogP contribution is 2.18. The SMILES string of the molecule is COCC(C)NC(=O)CC(O)c1ccc(Cl)cc1. The standard InChI is InChI=1S/C13H18ClNO3/c1-9(8-18-2)15-13(17)7-12(16)10-3-5-11(14)6-4-10/h3-6,9,12,16H,7-8H2,1-2H3,(H,15,17). The molecule has 4 nitrogen and oxygen atoms in total. The highest BCUT2D eigenvalue weighted by atomic mass is 35.5. The Labute approximate surface area is 112 Å². The van der Waals surface area contributed by atoms with E-state index in [0.29, 0.717) is 17.2 Å². The largest absolute Gasteiger partial charge is 0.388 e. The maximum absolute atomic E-state index is 11.6. The van der Waals surface area contributed by atoms with Crippen molar-refractivity contribution in [2.45, 2.75) is 25.5 Å². The second-order valence-corrected chi connectivity index (χ2v) is 4.63. The fourth-order valence-electron chi connectivity index (χ4n) is 1.60. The van der Waals surface area contributed by atoms with Crippen molar-refractivity contribution in [2.75, 3.05) is 13.7 Å². The molecule has 0 aliphatic carbocycles. The maximum atomic E-state index is 11.6. The summed E-state index contributed by atoms with van der Waals surface area (Å²) in [4.78, 5) is 11.6. The molecule has 0 saturated carbocycles. The van der Waals surface area contributed by atoms with Gasteiger partial charge in [0.2, 0.25) is 5.91 Å². The summed E-state index contributed by atoms with van der Waals surface area (Å²) in [6.45, 7) is 2.29. The minimum Gasteiger partial charge on any atom is -0.388 e. The van der Waals surface area contributed by atoms with E-state index in [9.17, 15) is 9.90 Å². The van der Waals surface area contributed by atoms with Gasteiger partial charge in [-0.05, 0) is 24.6 Å². The average molecular weight is 272 g/mol. The number of amides is 1. The van der Waals surface area contributed by atoms with E-state index < -0.39 is 6.10 Å². The van der Waals surface area contributed by atoms with Crippen LogP contribution in [0.15, 0.2) is 24.3 Å². The predicted octanol–water partition coefficient (Wildman–Crippen LogP) is 1.91. The molecular formula is C13H18ClNO3.